The van der Waals surface area contributed by atoms with Crippen LogP contribution in [0.3, 0.4) is 0 Å². The molecule has 20 heavy (non-hydrogen) atoms. The number of hydrogen-bond acceptors (Lipinski definition) is 2. The highest BCUT2D eigenvalue weighted by molar-refractivity contribution is 7.89. The lowest BCUT2D eigenvalue weighted by Crippen LogP contribution is -2.40. The van der Waals surface area contributed by atoms with Crippen LogP contribution in [-0.2, 0) is 16.6 Å². The molecule has 2 aromatic rings. The topological polar surface area (TPSA) is 42.3 Å². The average Bonchev–Trinajstić information content (AvgIpc) is 2.88. The normalized spacial score (nSPS) is 19.8. The molecule has 1 aromatic heterocycles. The van der Waals surface area contributed by atoms with Crippen molar-refractivity contribution in [2.45, 2.75) is 24.4 Å². The van der Waals surface area contributed by atoms with Crippen molar-refractivity contribution in [3.8, 4) is 0 Å². The first-order valence-corrected chi connectivity index (χ1v) is 8.24. The Balaban J connectivity index is 1.99. The minimum absolute atomic E-state index is 0.167. The van der Waals surface area contributed by atoms with Crippen molar-refractivity contribution in [3.63, 3.8) is 0 Å². The Kier molecular flexibility index (Phi) is 3.36. The second kappa shape index (κ2) is 4.91. The lowest BCUT2D eigenvalue weighted by Gasteiger charge is -2.33. The maximum atomic E-state index is 12.7. The van der Waals surface area contributed by atoms with Crippen molar-refractivity contribution in [1.29, 1.82) is 0 Å². The van der Waals surface area contributed by atoms with Gasteiger partial charge in [0.25, 0.3) is 0 Å². The Bertz CT molecular complexity index is 722. The van der Waals surface area contributed by atoms with Gasteiger partial charge in [-0.3, -0.25) is 0 Å². The summed E-state index contributed by atoms with van der Waals surface area (Å²) < 4.78 is 29.1. The molecule has 2 heterocycles. The van der Waals surface area contributed by atoms with Crippen molar-refractivity contribution in [2.24, 2.45) is 0 Å². The van der Waals surface area contributed by atoms with E-state index in [1.165, 1.54) is 0 Å². The van der Waals surface area contributed by atoms with E-state index in [-0.39, 0.29) is 10.9 Å². The van der Waals surface area contributed by atoms with Gasteiger partial charge in [-0.2, -0.15) is 4.31 Å². The molecule has 3 rings (SSSR count). The van der Waals surface area contributed by atoms with E-state index < -0.39 is 10.0 Å². The summed E-state index contributed by atoms with van der Waals surface area (Å²) in [6.07, 6.45) is 1.98. The molecule has 1 aliphatic rings. The van der Waals surface area contributed by atoms with Gasteiger partial charge in [0.2, 0.25) is 10.0 Å². The highest BCUT2D eigenvalue weighted by Crippen LogP contribution is 2.31. The van der Waals surface area contributed by atoms with E-state index in [0.717, 1.165) is 5.69 Å². The highest BCUT2D eigenvalue weighted by atomic mass is 35.5. The maximum absolute atomic E-state index is 12.7. The fraction of sp³-hybridized carbons (Fsp3) is 0.286. The molecule has 0 bridgehead atoms. The molecule has 0 saturated carbocycles. The zero-order valence-corrected chi connectivity index (χ0v) is 12.6. The van der Waals surface area contributed by atoms with Gasteiger partial charge >= 0.3 is 0 Å². The molecule has 0 amide bonds. The Morgan fingerprint density at radius 3 is 2.55 bits per heavy atom. The largest absolute Gasteiger partial charge is 0.349 e. The van der Waals surface area contributed by atoms with Crippen LogP contribution in [0.5, 0.6) is 0 Å². The molecule has 1 aromatic carbocycles. The number of halogens is 1. The van der Waals surface area contributed by atoms with Crippen molar-refractivity contribution in [3.05, 3.63) is 53.3 Å². The predicted octanol–water partition coefficient (Wildman–Crippen LogP) is 2.91. The summed E-state index contributed by atoms with van der Waals surface area (Å²) >= 11 is 5.82. The van der Waals surface area contributed by atoms with Crippen LogP contribution in [0.2, 0.25) is 5.02 Å². The lowest BCUT2D eigenvalue weighted by atomic mass is 10.2. The lowest BCUT2D eigenvalue weighted by molar-refractivity contribution is 0.282. The van der Waals surface area contributed by atoms with E-state index in [0.29, 0.717) is 18.1 Å². The molecule has 1 atom stereocenters. The van der Waals surface area contributed by atoms with E-state index in [1.807, 2.05) is 25.3 Å². The van der Waals surface area contributed by atoms with E-state index >= 15 is 0 Å². The van der Waals surface area contributed by atoms with Crippen molar-refractivity contribution in [1.82, 2.24) is 8.87 Å². The first kappa shape index (κ1) is 13.7. The van der Waals surface area contributed by atoms with Crippen LogP contribution in [-0.4, -0.2) is 23.8 Å². The standard InChI is InChI=1S/C14H15ClN2O2S/c1-11-14-3-2-8-16(14)9-10-17(11)20(18,19)13-6-4-12(15)5-7-13/h2-8,11H,9-10H2,1H3/t11-/m0/s1. The Hall–Kier alpha value is -1.30. The summed E-state index contributed by atoms with van der Waals surface area (Å²) in [5.41, 5.74) is 1.02. The molecule has 0 spiro atoms. The molecule has 0 radical (unpaired) electrons. The minimum Gasteiger partial charge on any atom is -0.349 e. The van der Waals surface area contributed by atoms with Gasteiger partial charge < -0.3 is 4.57 Å². The number of fused-ring (bicyclic) bond motifs is 1. The van der Waals surface area contributed by atoms with E-state index in [2.05, 4.69) is 4.57 Å². The zero-order valence-electron chi connectivity index (χ0n) is 11.0. The summed E-state index contributed by atoms with van der Waals surface area (Å²) in [5.74, 6) is 0. The van der Waals surface area contributed by atoms with Crippen LogP contribution in [0, 0.1) is 0 Å². The molecule has 4 nitrogen and oxygen atoms in total. The fourth-order valence-corrected chi connectivity index (χ4v) is 4.35. The quantitative estimate of drug-likeness (QED) is 0.856. The van der Waals surface area contributed by atoms with Crippen LogP contribution in [0.15, 0.2) is 47.5 Å². The van der Waals surface area contributed by atoms with E-state index in [1.54, 1.807) is 28.6 Å². The molecule has 106 valence electrons. The van der Waals surface area contributed by atoms with Gasteiger partial charge in [0, 0.05) is 30.0 Å². The minimum atomic E-state index is -3.49. The maximum Gasteiger partial charge on any atom is 0.243 e. The molecule has 0 aliphatic carbocycles. The zero-order chi connectivity index (χ0) is 14.3. The average molecular weight is 311 g/mol. The molecule has 6 heteroatoms. The van der Waals surface area contributed by atoms with Crippen molar-refractivity contribution < 1.29 is 8.42 Å². The summed E-state index contributed by atoms with van der Waals surface area (Å²) in [6, 6.07) is 10.1. The number of aromatic nitrogens is 1. The summed E-state index contributed by atoms with van der Waals surface area (Å²) in [5, 5.41) is 0.532. The van der Waals surface area contributed by atoms with Gasteiger partial charge in [-0.25, -0.2) is 8.42 Å². The first-order valence-electron chi connectivity index (χ1n) is 6.42. The van der Waals surface area contributed by atoms with Crippen molar-refractivity contribution in [2.75, 3.05) is 6.54 Å². The smallest absolute Gasteiger partial charge is 0.243 e. The molecule has 0 N–H and O–H groups in total. The second-order valence-electron chi connectivity index (χ2n) is 4.87. The third-order valence-electron chi connectivity index (χ3n) is 3.71. The van der Waals surface area contributed by atoms with Gasteiger partial charge in [0.1, 0.15) is 0 Å². The summed E-state index contributed by atoms with van der Waals surface area (Å²) in [6.45, 7) is 3.08. The Labute approximate surface area is 123 Å². The van der Waals surface area contributed by atoms with Crippen LogP contribution in [0.4, 0.5) is 0 Å². The molecule has 0 unspecified atom stereocenters. The van der Waals surface area contributed by atoms with Gasteiger partial charge in [0.15, 0.2) is 0 Å². The predicted molar refractivity (Wildman–Crippen MR) is 78.2 cm³/mol. The van der Waals surface area contributed by atoms with Gasteiger partial charge in [-0.15, -0.1) is 0 Å². The Morgan fingerprint density at radius 2 is 1.85 bits per heavy atom. The number of sulfonamides is 1. The van der Waals surface area contributed by atoms with Crippen molar-refractivity contribution >= 4 is 21.6 Å². The SMILES string of the molecule is C[C@H]1c2cccn2CCN1S(=O)(=O)c1ccc(Cl)cc1. The molecular formula is C14H15ClN2O2S. The third-order valence-corrected chi connectivity index (χ3v) is 5.94. The molecule has 0 saturated heterocycles. The van der Waals surface area contributed by atoms with Crippen LogP contribution in [0.25, 0.3) is 0 Å². The van der Waals surface area contributed by atoms with E-state index in [9.17, 15) is 8.42 Å². The Morgan fingerprint density at radius 1 is 1.15 bits per heavy atom. The van der Waals surface area contributed by atoms with E-state index in [4.69, 9.17) is 11.6 Å². The first-order chi connectivity index (χ1) is 9.50. The molecule has 0 fully saturated rings. The fourth-order valence-electron chi connectivity index (χ4n) is 2.63. The number of benzene rings is 1. The monoisotopic (exact) mass is 310 g/mol. The number of rotatable bonds is 2. The summed E-state index contributed by atoms with van der Waals surface area (Å²) in [4.78, 5) is 0.286. The second-order valence-corrected chi connectivity index (χ2v) is 7.20. The van der Waals surface area contributed by atoms with Gasteiger partial charge in [-0.05, 0) is 43.3 Å². The molecular weight excluding hydrogens is 296 g/mol. The summed E-state index contributed by atoms with van der Waals surface area (Å²) in [7, 11) is -3.49. The molecule has 1 aliphatic heterocycles. The van der Waals surface area contributed by atoms with Gasteiger partial charge in [0.05, 0.1) is 10.9 Å². The van der Waals surface area contributed by atoms with Crippen LogP contribution in [0.1, 0.15) is 18.7 Å². The van der Waals surface area contributed by atoms with Gasteiger partial charge in [-0.1, -0.05) is 11.6 Å². The van der Waals surface area contributed by atoms with Crippen LogP contribution < -0.4 is 0 Å². The van der Waals surface area contributed by atoms with Crippen LogP contribution >= 0.6 is 11.6 Å². The third kappa shape index (κ3) is 2.16. The number of hydrogen-bond donors (Lipinski definition) is 0. The highest BCUT2D eigenvalue weighted by Gasteiger charge is 2.33. The number of nitrogens with zero attached hydrogens (tertiary/aromatic N) is 2.